The number of amides is 1. The van der Waals surface area contributed by atoms with Gasteiger partial charge in [0, 0.05) is 25.4 Å². The van der Waals surface area contributed by atoms with E-state index in [-0.39, 0.29) is 17.7 Å². The molecule has 1 aliphatic heterocycles. The van der Waals surface area contributed by atoms with Crippen LogP contribution in [0.2, 0.25) is 0 Å². The summed E-state index contributed by atoms with van der Waals surface area (Å²) in [6, 6.07) is 3.91. The lowest BCUT2D eigenvalue weighted by Gasteiger charge is -2.25. The first kappa shape index (κ1) is 25.0. The smallest absolute Gasteiger partial charge is 0.220 e. The van der Waals surface area contributed by atoms with Crippen molar-refractivity contribution in [2.45, 2.75) is 64.3 Å². The van der Waals surface area contributed by atoms with Crippen LogP contribution in [0.15, 0.2) is 12.1 Å². The number of nitrogens with one attached hydrogen (secondary N) is 1. The van der Waals surface area contributed by atoms with Gasteiger partial charge >= 0.3 is 0 Å². The van der Waals surface area contributed by atoms with E-state index in [1.807, 2.05) is 12.1 Å². The van der Waals surface area contributed by atoms with E-state index in [1.165, 1.54) is 12.8 Å². The molecule has 0 bridgehead atoms. The molecule has 174 valence electrons. The van der Waals surface area contributed by atoms with Gasteiger partial charge in [0.1, 0.15) is 5.78 Å². The second kappa shape index (κ2) is 13.2. The van der Waals surface area contributed by atoms with Gasteiger partial charge in [-0.2, -0.15) is 0 Å². The highest BCUT2D eigenvalue weighted by Crippen LogP contribution is 2.38. The van der Waals surface area contributed by atoms with E-state index in [2.05, 4.69) is 10.2 Å². The van der Waals surface area contributed by atoms with E-state index in [1.54, 1.807) is 28.3 Å². The van der Waals surface area contributed by atoms with Crippen LogP contribution >= 0.6 is 0 Å². The van der Waals surface area contributed by atoms with E-state index in [4.69, 9.17) is 14.2 Å². The molecule has 1 saturated heterocycles. The number of likely N-dealkylation sites (tertiary alicyclic amines) is 1. The number of nitrogens with zero attached hydrogens (tertiary/aromatic N) is 1. The molecule has 0 spiro atoms. The van der Waals surface area contributed by atoms with Gasteiger partial charge in [0.25, 0.3) is 0 Å². The Morgan fingerprint density at radius 3 is 2.13 bits per heavy atom. The van der Waals surface area contributed by atoms with Crippen molar-refractivity contribution in [3.05, 3.63) is 17.7 Å². The molecule has 1 aromatic rings. The van der Waals surface area contributed by atoms with Crippen molar-refractivity contribution >= 4 is 11.7 Å². The molecular formula is C24H38N2O5. The SMILES string of the molecule is COc1cc(CC(CN2CCCC2)NC(=O)CCCCCC(C)=O)cc(OC)c1OC. The van der Waals surface area contributed by atoms with Gasteiger partial charge in [0.2, 0.25) is 11.7 Å². The van der Waals surface area contributed by atoms with Crippen LogP contribution in [0.4, 0.5) is 0 Å². The quantitative estimate of drug-likeness (QED) is 0.453. The number of ketones is 1. The Kier molecular flexibility index (Phi) is 10.6. The molecular weight excluding hydrogens is 396 g/mol. The first-order chi connectivity index (χ1) is 15.0. The Morgan fingerprint density at radius 1 is 0.968 bits per heavy atom. The Balaban J connectivity index is 2.02. The van der Waals surface area contributed by atoms with Crippen molar-refractivity contribution < 1.29 is 23.8 Å². The molecule has 0 aromatic heterocycles. The molecule has 2 rings (SSSR count). The summed E-state index contributed by atoms with van der Waals surface area (Å²) in [5.74, 6) is 2.08. The first-order valence-electron chi connectivity index (χ1n) is 11.3. The topological polar surface area (TPSA) is 77.1 Å². The average molecular weight is 435 g/mol. The van der Waals surface area contributed by atoms with Crippen LogP contribution in [0.25, 0.3) is 0 Å². The number of carbonyl (C=O) groups is 2. The average Bonchev–Trinajstić information content (AvgIpc) is 3.25. The van der Waals surface area contributed by atoms with Gasteiger partial charge in [-0.05, 0) is 69.8 Å². The number of benzene rings is 1. The third-order valence-electron chi connectivity index (χ3n) is 5.68. The van der Waals surface area contributed by atoms with Crippen LogP contribution in [-0.2, 0) is 16.0 Å². The van der Waals surface area contributed by atoms with Gasteiger partial charge < -0.3 is 29.2 Å². The molecule has 1 aromatic carbocycles. The summed E-state index contributed by atoms with van der Waals surface area (Å²) >= 11 is 0. The maximum atomic E-state index is 12.6. The van der Waals surface area contributed by atoms with Crippen LogP contribution in [0.3, 0.4) is 0 Å². The second-order valence-corrected chi connectivity index (χ2v) is 8.27. The number of ether oxygens (including phenoxy) is 3. The molecule has 1 atom stereocenters. The van der Waals surface area contributed by atoms with Crippen LogP contribution in [-0.4, -0.2) is 63.6 Å². The van der Waals surface area contributed by atoms with Crippen molar-refractivity contribution in [2.24, 2.45) is 0 Å². The lowest BCUT2D eigenvalue weighted by Crippen LogP contribution is -2.44. The second-order valence-electron chi connectivity index (χ2n) is 8.27. The molecule has 1 fully saturated rings. The lowest BCUT2D eigenvalue weighted by molar-refractivity contribution is -0.122. The molecule has 1 heterocycles. The Bertz CT molecular complexity index is 691. The summed E-state index contributed by atoms with van der Waals surface area (Å²) in [6.07, 6.45) is 6.75. The molecule has 0 saturated carbocycles. The van der Waals surface area contributed by atoms with E-state index in [0.717, 1.165) is 44.5 Å². The normalized spacial score (nSPS) is 14.8. The fraction of sp³-hybridized carbons (Fsp3) is 0.667. The minimum atomic E-state index is 0.00521. The zero-order valence-corrected chi connectivity index (χ0v) is 19.5. The molecule has 1 aliphatic rings. The summed E-state index contributed by atoms with van der Waals surface area (Å²) in [5.41, 5.74) is 1.03. The minimum absolute atomic E-state index is 0.00521. The number of methoxy groups -OCH3 is 3. The van der Waals surface area contributed by atoms with Crippen molar-refractivity contribution in [1.29, 1.82) is 0 Å². The van der Waals surface area contributed by atoms with E-state index in [9.17, 15) is 9.59 Å². The summed E-state index contributed by atoms with van der Waals surface area (Å²) < 4.78 is 16.4. The highest BCUT2D eigenvalue weighted by molar-refractivity contribution is 5.76. The summed E-state index contributed by atoms with van der Waals surface area (Å²) in [6.45, 7) is 4.59. The molecule has 1 unspecified atom stereocenters. The van der Waals surface area contributed by atoms with E-state index < -0.39 is 0 Å². The molecule has 0 aliphatic carbocycles. The van der Waals surface area contributed by atoms with E-state index >= 15 is 0 Å². The van der Waals surface area contributed by atoms with Crippen molar-refractivity contribution in [1.82, 2.24) is 10.2 Å². The van der Waals surface area contributed by atoms with Gasteiger partial charge in [-0.15, -0.1) is 0 Å². The predicted molar refractivity (Wildman–Crippen MR) is 121 cm³/mol. The summed E-state index contributed by atoms with van der Waals surface area (Å²) in [5, 5.41) is 3.24. The van der Waals surface area contributed by atoms with Crippen LogP contribution in [0.5, 0.6) is 17.2 Å². The largest absolute Gasteiger partial charge is 0.493 e. The van der Waals surface area contributed by atoms with Crippen LogP contribution < -0.4 is 19.5 Å². The van der Waals surface area contributed by atoms with Crippen molar-refractivity contribution in [3.8, 4) is 17.2 Å². The van der Waals surface area contributed by atoms with Gasteiger partial charge in [-0.1, -0.05) is 6.42 Å². The Hall–Kier alpha value is -2.28. The fourth-order valence-electron chi connectivity index (χ4n) is 4.11. The third-order valence-corrected chi connectivity index (χ3v) is 5.68. The number of hydrogen-bond acceptors (Lipinski definition) is 6. The Labute approximate surface area is 186 Å². The molecule has 7 nitrogen and oxygen atoms in total. The monoisotopic (exact) mass is 434 g/mol. The first-order valence-corrected chi connectivity index (χ1v) is 11.3. The molecule has 1 N–H and O–H groups in total. The summed E-state index contributed by atoms with van der Waals surface area (Å²) in [4.78, 5) is 26.1. The standard InChI is InChI=1S/C24H38N2O5/c1-18(27)10-6-5-7-11-23(28)25-20(17-26-12-8-9-13-26)14-19-15-21(29-2)24(31-4)22(16-19)30-3/h15-16,20H,5-14,17H2,1-4H3,(H,25,28). The van der Waals surface area contributed by atoms with Crippen LogP contribution in [0, 0.1) is 0 Å². The minimum Gasteiger partial charge on any atom is -0.493 e. The van der Waals surface area contributed by atoms with Crippen molar-refractivity contribution in [3.63, 3.8) is 0 Å². The van der Waals surface area contributed by atoms with Gasteiger partial charge in [0.05, 0.1) is 21.3 Å². The number of Topliss-reactive ketones (excluding diaryl/α,β-unsaturated/α-hetero) is 1. The lowest BCUT2D eigenvalue weighted by atomic mass is 10.0. The predicted octanol–water partition coefficient (Wildman–Crippen LogP) is 3.38. The fourth-order valence-corrected chi connectivity index (χ4v) is 4.11. The third kappa shape index (κ3) is 8.40. The Morgan fingerprint density at radius 2 is 1.58 bits per heavy atom. The zero-order valence-electron chi connectivity index (χ0n) is 19.5. The summed E-state index contributed by atoms with van der Waals surface area (Å²) in [7, 11) is 4.81. The number of rotatable bonds is 14. The highest BCUT2D eigenvalue weighted by Gasteiger charge is 2.21. The van der Waals surface area contributed by atoms with Gasteiger partial charge in [0.15, 0.2) is 11.5 Å². The maximum absolute atomic E-state index is 12.6. The zero-order chi connectivity index (χ0) is 22.6. The van der Waals surface area contributed by atoms with Gasteiger partial charge in [-0.3, -0.25) is 4.79 Å². The molecule has 0 radical (unpaired) electrons. The van der Waals surface area contributed by atoms with E-state index in [0.29, 0.717) is 36.5 Å². The maximum Gasteiger partial charge on any atom is 0.220 e. The van der Waals surface area contributed by atoms with Crippen LogP contribution in [0.1, 0.15) is 57.4 Å². The molecule has 31 heavy (non-hydrogen) atoms. The molecule has 7 heteroatoms. The highest BCUT2D eigenvalue weighted by atomic mass is 16.5. The van der Waals surface area contributed by atoms with Gasteiger partial charge in [-0.25, -0.2) is 0 Å². The number of carbonyl (C=O) groups excluding carboxylic acids is 2. The number of unbranched alkanes of at least 4 members (excludes halogenated alkanes) is 2. The number of hydrogen-bond donors (Lipinski definition) is 1. The molecule has 1 amide bonds. The van der Waals surface area contributed by atoms with Crippen molar-refractivity contribution in [2.75, 3.05) is 41.0 Å².